The summed E-state index contributed by atoms with van der Waals surface area (Å²) < 4.78 is 7.15. The highest BCUT2D eigenvalue weighted by Crippen LogP contribution is 2.23. The summed E-state index contributed by atoms with van der Waals surface area (Å²) in [7, 11) is 0. The van der Waals surface area contributed by atoms with Gasteiger partial charge in [-0.2, -0.15) is 10.1 Å². The van der Waals surface area contributed by atoms with Crippen LogP contribution in [0.25, 0.3) is 16.8 Å². The van der Waals surface area contributed by atoms with Crippen LogP contribution >= 0.6 is 0 Å². The van der Waals surface area contributed by atoms with Crippen molar-refractivity contribution < 1.29 is 4.52 Å². The van der Waals surface area contributed by atoms with E-state index in [-0.39, 0.29) is 0 Å². The molecule has 0 fully saturated rings. The summed E-state index contributed by atoms with van der Waals surface area (Å²) in [5, 5.41) is 8.44. The molecular weight excluding hydrogens is 340 g/mol. The van der Waals surface area contributed by atoms with E-state index in [4.69, 9.17) is 4.52 Å². The number of fused-ring (bicyclic) bond motifs is 1. The first kappa shape index (κ1) is 17.4. The topological polar surface area (TPSA) is 72.4 Å². The fourth-order valence-electron chi connectivity index (χ4n) is 3.04. The maximum atomic E-state index is 5.31. The van der Waals surface area contributed by atoms with E-state index in [2.05, 4.69) is 44.2 Å². The minimum atomic E-state index is 0.621. The average Bonchev–Trinajstić information content (AvgIpc) is 3.34. The van der Waals surface area contributed by atoms with Gasteiger partial charge in [0.25, 0.3) is 0 Å². The Hall–Kier alpha value is -3.06. The molecular formula is C20H22N6O. The molecule has 27 heavy (non-hydrogen) atoms. The Labute approximate surface area is 157 Å². The number of hydrogen-bond donors (Lipinski definition) is 0. The van der Waals surface area contributed by atoms with Crippen LogP contribution in [-0.2, 0) is 19.5 Å². The highest BCUT2D eigenvalue weighted by atomic mass is 16.5. The lowest BCUT2D eigenvalue weighted by molar-refractivity contribution is 0.228. The van der Waals surface area contributed by atoms with E-state index >= 15 is 0 Å². The first-order chi connectivity index (χ1) is 13.3. The summed E-state index contributed by atoms with van der Waals surface area (Å²) >= 11 is 0. The van der Waals surface area contributed by atoms with Crippen LogP contribution in [0.2, 0.25) is 0 Å². The van der Waals surface area contributed by atoms with Gasteiger partial charge in [0.1, 0.15) is 0 Å². The lowest BCUT2D eigenvalue weighted by atomic mass is 10.1. The molecule has 0 unspecified atom stereocenters. The predicted molar refractivity (Wildman–Crippen MR) is 102 cm³/mol. The number of rotatable bonds is 7. The van der Waals surface area contributed by atoms with Crippen LogP contribution in [0.5, 0.6) is 0 Å². The van der Waals surface area contributed by atoms with Gasteiger partial charge in [0.15, 0.2) is 11.5 Å². The summed E-state index contributed by atoms with van der Waals surface area (Å²) in [5.41, 5.74) is 4.10. The molecule has 4 rings (SSSR count). The fourth-order valence-corrected chi connectivity index (χ4v) is 3.04. The minimum Gasteiger partial charge on any atom is -0.338 e. The molecule has 1 aromatic carbocycles. The molecule has 138 valence electrons. The molecule has 3 heterocycles. The SMILES string of the molecule is CCc1noc(CN(CC)Cc2cnc3c(-c4ccccc4)cnn3c2)n1. The zero-order chi connectivity index (χ0) is 18.6. The largest absolute Gasteiger partial charge is 0.338 e. The van der Waals surface area contributed by atoms with Crippen LogP contribution < -0.4 is 0 Å². The summed E-state index contributed by atoms with van der Waals surface area (Å²) in [6.07, 6.45) is 6.59. The Morgan fingerprint density at radius 1 is 1.07 bits per heavy atom. The Balaban J connectivity index is 1.53. The smallest absolute Gasteiger partial charge is 0.240 e. The maximum absolute atomic E-state index is 5.31. The summed E-state index contributed by atoms with van der Waals surface area (Å²) in [6.45, 7) is 6.36. The van der Waals surface area contributed by atoms with Gasteiger partial charge in [-0.05, 0) is 12.1 Å². The van der Waals surface area contributed by atoms with Gasteiger partial charge in [-0.1, -0.05) is 49.3 Å². The van der Waals surface area contributed by atoms with Gasteiger partial charge < -0.3 is 4.52 Å². The van der Waals surface area contributed by atoms with Crippen LogP contribution in [-0.4, -0.2) is 36.2 Å². The number of hydrogen-bond acceptors (Lipinski definition) is 6. The van der Waals surface area contributed by atoms with Gasteiger partial charge in [0, 0.05) is 36.5 Å². The Morgan fingerprint density at radius 3 is 2.67 bits per heavy atom. The zero-order valence-corrected chi connectivity index (χ0v) is 15.5. The minimum absolute atomic E-state index is 0.621. The molecule has 4 aromatic rings. The Kier molecular flexibility index (Phi) is 4.93. The van der Waals surface area contributed by atoms with Crippen LogP contribution in [0, 0.1) is 0 Å². The van der Waals surface area contributed by atoms with E-state index in [1.54, 1.807) is 0 Å². The molecule has 0 aliphatic heterocycles. The van der Waals surface area contributed by atoms with Crippen molar-refractivity contribution >= 4 is 5.65 Å². The first-order valence-electron chi connectivity index (χ1n) is 9.18. The summed E-state index contributed by atoms with van der Waals surface area (Å²) in [4.78, 5) is 11.3. The second-order valence-corrected chi connectivity index (χ2v) is 6.42. The molecule has 3 aromatic heterocycles. The number of nitrogens with zero attached hydrogens (tertiary/aromatic N) is 6. The lowest BCUT2D eigenvalue weighted by Gasteiger charge is -2.18. The standard InChI is InChI=1S/C20H22N6O/c1-3-18-23-19(27-24-18)14-25(4-2)12-15-10-21-20-17(11-22-26(20)13-15)16-8-6-5-7-9-16/h5-11,13H,3-4,12,14H2,1-2H3. The number of benzene rings is 1. The second-order valence-electron chi connectivity index (χ2n) is 6.42. The highest BCUT2D eigenvalue weighted by molar-refractivity contribution is 5.76. The van der Waals surface area contributed by atoms with Crippen LogP contribution in [0.1, 0.15) is 31.1 Å². The van der Waals surface area contributed by atoms with Crippen molar-refractivity contribution in [2.75, 3.05) is 6.54 Å². The molecule has 0 radical (unpaired) electrons. The summed E-state index contributed by atoms with van der Waals surface area (Å²) in [5.74, 6) is 1.39. The van der Waals surface area contributed by atoms with E-state index in [0.29, 0.717) is 12.4 Å². The maximum Gasteiger partial charge on any atom is 0.240 e. The monoisotopic (exact) mass is 362 g/mol. The quantitative estimate of drug-likeness (QED) is 0.502. The third-order valence-electron chi connectivity index (χ3n) is 4.53. The molecule has 0 aliphatic rings. The van der Waals surface area contributed by atoms with Gasteiger partial charge in [0.05, 0.1) is 12.7 Å². The molecule has 7 nitrogen and oxygen atoms in total. The third-order valence-corrected chi connectivity index (χ3v) is 4.53. The summed E-state index contributed by atoms with van der Waals surface area (Å²) in [6, 6.07) is 10.2. The van der Waals surface area contributed by atoms with Crippen LogP contribution in [0.15, 0.2) is 53.4 Å². The molecule has 0 saturated carbocycles. The highest BCUT2D eigenvalue weighted by Gasteiger charge is 2.13. The van der Waals surface area contributed by atoms with Gasteiger partial charge >= 0.3 is 0 Å². The predicted octanol–water partition coefficient (Wildman–Crippen LogP) is 3.36. The van der Waals surface area contributed by atoms with Gasteiger partial charge in [-0.3, -0.25) is 4.90 Å². The van der Waals surface area contributed by atoms with Crippen LogP contribution in [0.4, 0.5) is 0 Å². The number of aryl methyl sites for hydroxylation is 1. The van der Waals surface area contributed by atoms with Gasteiger partial charge in [-0.25, -0.2) is 9.50 Å². The molecule has 0 amide bonds. The lowest BCUT2D eigenvalue weighted by Crippen LogP contribution is -2.22. The van der Waals surface area contributed by atoms with E-state index in [1.165, 1.54) is 0 Å². The van der Waals surface area contributed by atoms with Crippen molar-refractivity contribution in [1.82, 2.24) is 29.6 Å². The van der Waals surface area contributed by atoms with Crippen molar-refractivity contribution in [3.05, 3.63) is 66.2 Å². The molecule has 0 spiro atoms. The molecule has 7 heteroatoms. The van der Waals surface area contributed by atoms with E-state index < -0.39 is 0 Å². The van der Waals surface area contributed by atoms with Crippen molar-refractivity contribution in [2.24, 2.45) is 0 Å². The average molecular weight is 362 g/mol. The van der Waals surface area contributed by atoms with E-state index in [1.807, 2.05) is 48.2 Å². The molecule has 0 aliphatic carbocycles. The third kappa shape index (κ3) is 3.73. The van der Waals surface area contributed by atoms with Gasteiger partial charge in [0.2, 0.25) is 5.89 Å². The normalized spacial score (nSPS) is 11.5. The zero-order valence-electron chi connectivity index (χ0n) is 15.5. The fraction of sp³-hybridized carbons (Fsp3) is 0.300. The van der Waals surface area contributed by atoms with Crippen molar-refractivity contribution in [2.45, 2.75) is 33.4 Å². The van der Waals surface area contributed by atoms with E-state index in [9.17, 15) is 0 Å². The molecule has 0 saturated heterocycles. The molecule has 0 N–H and O–H groups in total. The Bertz CT molecular complexity index is 1020. The number of aromatic nitrogens is 5. The molecule has 0 atom stereocenters. The molecule has 0 bridgehead atoms. The first-order valence-corrected chi connectivity index (χ1v) is 9.18. The Morgan fingerprint density at radius 2 is 1.93 bits per heavy atom. The van der Waals surface area contributed by atoms with Gasteiger partial charge in [-0.15, -0.1) is 0 Å². The van der Waals surface area contributed by atoms with Crippen molar-refractivity contribution in [1.29, 1.82) is 0 Å². The van der Waals surface area contributed by atoms with Crippen molar-refractivity contribution in [3.63, 3.8) is 0 Å². The second kappa shape index (κ2) is 7.67. The van der Waals surface area contributed by atoms with Crippen LogP contribution in [0.3, 0.4) is 0 Å². The van der Waals surface area contributed by atoms with Crippen molar-refractivity contribution in [3.8, 4) is 11.1 Å². The van der Waals surface area contributed by atoms with E-state index in [0.717, 1.165) is 47.7 Å².